The summed E-state index contributed by atoms with van der Waals surface area (Å²) in [6.45, 7) is 0. The zero-order valence-electron chi connectivity index (χ0n) is 30.6. The topological polar surface area (TPSA) is 16.4 Å². The first-order valence-electron chi connectivity index (χ1n) is 19.2. The molecule has 0 fully saturated rings. The number of nitrogens with zero attached hydrogens (tertiary/aromatic N) is 1. The maximum Gasteiger partial charge on any atom is 0.159 e. The molecule has 1 aromatic heterocycles. The molecule has 262 valence electrons. The quantitative estimate of drug-likeness (QED) is 0.171. The van der Waals surface area contributed by atoms with Crippen LogP contribution in [-0.2, 0) is 0 Å². The fraction of sp³-hybridized carbons (Fsp3) is 0. The minimum absolute atomic E-state index is 0.867. The highest BCUT2D eigenvalue weighted by Gasteiger charge is 2.20. The van der Waals surface area contributed by atoms with Crippen LogP contribution in [0.25, 0.3) is 87.6 Å². The number of para-hydroxylation sites is 1. The smallest absolute Gasteiger partial charge is 0.159 e. The van der Waals surface area contributed by atoms with Gasteiger partial charge in [-0.05, 0) is 114 Å². The van der Waals surface area contributed by atoms with Crippen molar-refractivity contribution < 1.29 is 4.42 Å². The Labute approximate surface area is 325 Å². The van der Waals surface area contributed by atoms with Crippen molar-refractivity contribution in [1.29, 1.82) is 0 Å². The monoisotopic (exact) mass is 713 g/mol. The van der Waals surface area contributed by atoms with Gasteiger partial charge in [0, 0.05) is 22.1 Å². The molecular weight excluding hydrogens is 679 g/mol. The van der Waals surface area contributed by atoms with Gasteiger partial charge < -0.3 is 9.32 Å². The predicted molar refractivity (Wildman–Crippen MR) is 237 cm³/mol. The largest absolute Gasteiger partial charge is 0.454 e. The van der Waals surface area contributed by atoms with Gasteiger partial charge in [0.15, 0.2) is 5.58 Å². The predicted octanol–water partition coefficient (Wildman–Crippen LogP) is 15.5. The molecular formula is C54H35NO. The first kappa shape index (κ1) is 32.0. The SMILES string of the molecule is c1ccc(-c2ccc(N(c3ccc(-c4ccc5ccc(-c6cccc7ccccc67)cc5c4)cc3)c3cccc4c3oc3ccc5ccccc5c34)cc2)cc1. The second kappa shape index (κ2) is 13.2. The van der Waals surface area contributed by atoms with Gasteiger partial charge in [0.2, 0.25) is 0 Å². The molecule has 11 aromatic rings. The van der Waals surface area contributed by atoms with Crippen molar-refractivity contribution in [2.24, 2.45) is 0 Å². The summed E-state index contributed by atoms with van der Waals surface area (Å²) in [7, 11) is 0. The number of hydrogen-bond donors (Lipinski definition) is 0. The van der Waals surface area contributed by atoms with Crippen LogP contribution in [0, 0.1) is 0 Å². The van der Waals surface area contributed by atoms with Gasteiger partial charge in [0.05, 0.1) is 5.69 Å². The van der Waals surface area contributed by atoms with Crippen molar-refractivity contribution >= 4 is 71.3 Å². The zero-order valence-corrected chi connectivity index (χ0v) is 30.6. The summed E-state index contributed by atoms with van der Waals surface area (Å²) >= 11 is 0. The van der Waals surface area contributed by atoms with Gasteiger partial charge in [-0.2, -0.15) is 0 Å². The van der Waals surface area contributed by atoms with Crippen LogP contribution in [-0.4, -0.2) is 0 Å². The molecule has 11 rings (SSSR count). The Bertz CT molecular complexity index is 3230. The van der Waals surface area contributed by atoms with Crippen molar-refractivity contribution in [1.82, 2.24) is 0 Å². The summed E-state index contributed by atoms with van der Waals surface area (Å²) < 4.78 is 6.77. The minimum Gasteiger partial charge on any atom is -0.454 e. The Morgan fingerprint density at radius 1 is 0.321 bits per heavy atom. The van der Waals surface area contributed by atoms with Gasteiger partial charge in [-0.15, -0.1) is 0 Å². The van der Waals surface area contributed by atoms with Gasteiger partial charge in [-0.1, -0.05) is 164 Å². The number of furan rings is 1. The van der Waals surface area contributed by atoms with Crippen molar-refractivity contribution in [2.75, 3.05) is 4.90 Å². The fourth-order valence-electron chi connectivity index (χ4n) is 8.46. The van der Waals surface area contributed by atoms with Crippen LogP contribution in [0.5, 0.6) is 0 Å². The molecule has 2 nitrogen and oxygen atoms in total. The molecule has 0 aliphatic rings. The van der Waals surface area contributed by atoms with Crippen LogP contribution in [0.1, 0.15) is 0 Å². The summed E-state index contributed by atoms with van der Waals surface area (Å²) in [5.41, 5.74) is 12.1. The second-order valence-corrected chi connectivity index (χ2v) is 14.5. The fourth-order valence-corrected chi connectivity index (χ4v) is 8.46. The van der Waals surface area contributed by atoms with Gasteiger partial charge in [0.1, 0.15) is 5.58 Å². The van der Waals surface area contributed by atoms with E-state index in [0.717, 1.165) is 39.0 Å². The standard InChI is InChI=1S/C54H35NO/c1-2-10-36(11-3-1)37-24-29-45(30-25-37)55(51-19-9-18-50-53-49-16-7-5-13-41(49)28-33-52(53)56-54(50)51)46-31-26-38(27-32-46)42-22-20-39-21-23-43(35-44(39)34-42)48-17-8-14-40-12-4-6-15-47(40)48/h1-35H. The zero-order chi connectivity index (χ0) is 37.0. The Kier molecular flexibility index (Phi) is 7.53. The molecule has 0 N–H and O–H groups in total. The van der Waals surface area contributed by atoms with Crippen LogP contribution < -0.4 is 4.90 Å². The van der Waals surface area contributed by atoms with E-state index < -0.39 is 0 Å². The molecule has 0 aliphatic carbocycles. The van der Waals surface area contributed by atoms with Crippen molar-refractivity contribution in [2.45, 2.75) is 0 Å². The van der Waals surface area contributed by atoms with E-state index in [-0.39, 0.29) is 0 Å². The Balaban J connectivity index is 1.02. The summed E-state index contributed by atoms with van der Waals surface area (Å²) in [4.78, 5) is 2.32. The van der Waals surface area contributed by atoms with Gasteiger partial charge in [0.25, 0.3) is 0 Å². The molecule has 0 aliphatic heterocycles. The molecule has 0 radical (unpaired) electrons. The average Bonchev–Trinajstić information content (AvgIpc) is 3.67. The molecule has 0 unspecified atom stereocenters. The van der Waals surface area contributed by atoms with Crippen LogP contribution >= 0.6 is 0 Å². The highest BCUT2D eigenvalue weighted by Crippen LogP contribution is 2.44. The van der Waals surface area contributed by atoms with E-state index >= 15 is 0 Å². The van der Waals surface area contributed by atoms with Crippen LogP contribution in [0.15, 0.2) is 217 Å². The number of benzene rings is 10. The number of fused-ring (bicyclic) bond motifs is 7. The third-order valence-corrected chi connectivity index (χ3v) is 11.2. The van der Waals surface area contributed by atoms with E-state index in [1.165, 1.54) is 65.7 Å². The van der Waals surface area contributed by atoms with E-state index in [0.29, 0.717) is 0 Å². The normalized spacial score (nSPS) is 11.6. The molecule has 10 aromatic carbocycles. The number of rotatable bonds is 6. The summed E-state index contributed by atoms with van der Waals surface area (Å²) in [6, 6.07) is 76.4. The average molecular weight is 714 g/mol. The highest BCUT2D eigenvalue weighted by atomic mass is 16.3. The number of hydrogen-bond acceptors (Lipinski definition) is 2. The van der Waals surface area contributed by atoms with Gasteiger partial charge in [-0.3, -0.25) is 0 Å². The Morgan fingerprint density at radius 3 is 1.62 bits per heavy atom. The molecule has 0 amide bonds. The molecule has 0 saturated carbocycles. The summed E-state index contributed by atoms with van der Waals surface area (Å²) in [5.74, 6) is 0. The second-order valence-electron chi connectivity index (χ2n) is 14.5. The molecule has 0 spiro atoms. The maximum absolute atomic E-state index is 6.77. The summed E-state index contributed by atoms with van der Waals surface area (Å²) in [5, 5.41) is 9.63. The third-order valence-electron chi connectivity index (χ3n) is 11.2. The highest BCUT2D eigenvalue weighted by molar-refractivity contribution is 6.21. The maximum atomic E-state index is 6.77. The first-order valence-corrected chi connectivity index (χ1v) is 19.2. The Morgan fingerprint density at radius 2 is 0.857 bits per heavy atom. The van der Waals surface area contributed by atoms with Crippen molar-refractivity contribution in [3.05, 3.63) is 212 Å². The number of anilines is 3. The Hall–Kier alpha value is -7.42. The lowest BCUT2D eigenvalue weighted by Gasteiger charge is -2.26. The van der Waals surface area contributed by atoms with Crippen LogP contribution in [0.3, 0.4) is 0 Å². The summed E-state index contributed by atoms with van der Waals surface area (Å²) in [6.07, 6.45) is 0. The molecule has 0 bridgehead atoms. The lowest BCUT2D eigenvalue weighted by Crippen LogP contribution is -2.10. The van der Waals surface area contributed by atoms with E-state index in [1.54, 1.807) is 0 Å². The first-order chi connectivity index (χ1) is 27.7. The minimum atomic E-state index is 0.867. The third kappa shape index (κ3) is 5.42. The van der Waals surface area contributed by atoms with Gasteiger partial charge in [-0.25, -0.2) is 0 Å². The molecule has 56 heavy (non-hydrogen) atoms. The van der Waals surface area contributed by atoms with Crippen LogP contribution in [0.2, 0.25) is 0 Å². The van der Waals surface area contributed by atoms with Crippen molar-refractivity contribution in [3.63, 3.8) is 0 Å². The van der Waals surface area contributed by atoms with E-state index in [2.05, 4.69) is 217 Å². The van der Waals surface area contributed by atoms with Crippen molar-refractivity contribution in [3.8, 4) is 33.4 Å². The van der Waals surface area contributed by atoms with E-state index in [1.807, 2.05) is 0 Å². The van der Waals surface area contributed by atoms with Crippen LogP contribution in [0.4, 0.5) is 17.1 Å². The lowest BCUT2D eigenvalue weighted by molar-refractivity contribution is 0.669. The molecule has 0 atom stereocenters. The van der Waals surface area contributed by atoms with Gasteiger partial charge >= 0.3 is 0 Å². The molecule has 0 saturated heterocycles. The molecule has 1 heterocycles. The lowest BCUT2D eigenvalue weighted by atomic mass is 9.95. The van der Waals surface area contributed by atoms with E-state index in [4.69, 9.17) is 4.42 Å². The molecule has 2 heteroatoms. The van der Waals surface area contributed by atoms with E-state index in [9.17, 15) is 0 Å².